The van der Waals surface area contributed by atoms with E-state index >= 15 is 0 Å². The second-order valence-corrected chi connectivity index (χ2v) is 6.67. The number of benzene rings is 1. The molecule has 15 heavy (non-hydrogen) atoms. The topological polar surface area (TPSA) is 0 Å². The Hall–Kier alpha value is 0.140. The second kappa shape index (κ2) is 4.56. The van der Waals surface area contributed by atoms with Gasteiger partial charge in [-0.15, -0.1) is 11.3 Å². The first-order chi connectivity index (χ1) is 7.11. The van der Waals surface area contributed by atoms with Gasteiger partial charge in [0.2, 0.25) is 0 Å². The van der Waals surface area contributed by atoms with Crippen LogP contribution >= 0.6 is 43.2 Å². The molecule has 1 atom stereocenters. The summed E-state index contributed by atoms with van der Waals surface area (Å²) in [5.74, 6) is 0.613. The summed E-state index contributed by atoms with van der Waals surface area (Å²) in [4.78, 5) is 0.445. The summed E-state index contributed by atoms with van der Waals surface area (Å²) in [6, 6.07) is 6.40. The normalized spacial score (nSPS) is 13.7. The maximum Gasteiger partial charge on any atom is 0.0488 e. The van der Waals surface area contributed by atoms with Crippen molar-refractivity contribution in [2.24, 2.45) is 5.92 Å². The molecule has 3 heteroatoms. The fourth-order valence-corrected chi connectivity index (χ4v) is 3.83. The predicted molar refractivity (Wildman–Crippen MR) is 76.0 cm³/mol. The highest BCUT2D eigenvalue weighted by atomic mass is 79.9. The van der Waals surface area contributed by atoms with Gasteiger partial charge >= 0.3 is 0 Å². The Bertz CT molecular complexity index is 473. The molecule has 1 heterocycles. The van der Waals surface area contributed by atoms with Crippen LogP contribution < -0.4 is 0 Å². The zero-order chi connectivity index (χ0) is 11.0. The van der Waals surface area contributed by atoms with Crippen LogP contribution in [0, 0.1) is 5.92 Å². The van der Waals surface area contributed by atoms with Crippen LogP contribution in [0.25, 0.3) is 10.1 Å². The molecular weight excluding hydrogens is 336 g/mol. The first-order valence-electron chi connectivity index (χ1n) is 4.91. The first-order valence-corrected chi connectivity index (χ1v) is 7.49. The van der Waals surface area contributed by atoms with Gasteiger partial charge in [0, 0.05) is 14.0 Å². The molecule has 0 aliphatic rings. The molecule has 0 saturated carbocycles. The Morgan fingerprint density at radius 2 is 2.00 bits per heavy atom. The zero-order valence-corrected chi connectivity index (χ0v) is 12.6. The molecule has 2 rings (SSSR count). The van der Waals surface area contributed by atoms with Crippen molar-refractivity contribution < 1.29 is 0 Å². The lowest BCUT2D eigenvalue weighted by atomic mass is 10.0. The molecule has 2 aromatic rings. The fourth-order valence-electron chi connectivity index (χ4n) is 1.61. The molecule has 0 aliphatic heterocycles. The Labute approximate surface area is 111 Å². The quantitative estimate of drug-likeness (QED) is 0.606. The minimum Gasteiger partial charge on any atom is -0.142 e. The predicted octanol–water partition coefficient (Wildman–Crippen LogP) is 5.76. The molecule has 0 aliphatic carbocycles. The van der Waals surface area contributed by atoms with Crippen molar-refractivity contribution in [2.75, 3.05) is 0 Å². The summed E-state index contributed by atoms with van der Waals surface area (Å²) in [5.41, 5.74) is 1.41. The van der Waals surface area contributed by atoms with Gasteiger partial charge in [0.1, 0.15) is 0 Å². The molecule has 0 spiro atoms. The third kappa shape index (κ3) is 2.15. The molecule has 0 amide bonds. The summed E-state index contributed by atoms with van der Waals surface area (Å²) in [7, 11) is 0. The van der Waals surface area contributed by atoms with Crippen LogP contribution in [0.3, 0.4) is 0 Å². The van der Waals surface area contributed by atoms with Crippen LogP contribution in [-0.2, 0) is 0 Å². The van der Waals surface area contributed by atoms with Crippen molar-refractivity contribution in [3.8, 4) is 0 Å². The van der Waals surface area contributed by atoms with Crippen molar-refractivity contribution >= 4 is 53.3 Å². The van der Waals surface area contributed by atoms with Crippen molar-refractivity contribution in [3.05, 3.63) is 33.6 Å². The van der Waals surface area contributed by atoms with Gasteiger partial charge < -0.3 is 0 Å². The summed E-state index contributed by atoms with van der Waals surface area (Å²) >= 11 is 9.17. The van der Waals surface area contributed by atoms with Crippen LogP contribution in [0.1, 0.15) is 24.2 Å². The van der Waals surface area contributed by atoms with Crippen LogP contribution in [-0.4, -0.2) is 0 Å². The number of thiophene rings is 1. The number of fused-ring (bicyclic) bond motifs is 1. The standard InChI is InChI=1S/C12H12Br2S/c1-7(2)11(14)9-6-15-12-8(9)4-3-5-10(12)13/h3-7,11H,1-2H3. The van der Waals surface area contributed by atoms with Gasteiger partial charge in [-0.1, -0.05) is 41.9 Å². The van der Waals surface area contributed by atoms with E-state index in [0.717, 1.165) is 0 Å². The van der Waals surface area contributed by atoms with Crippen LogP contribution in [0.15, 0.2) is 28.1 Å². The Morgan fingerprint density at radius 1 is 1.27 bits per heavy atom. The minimum atomic E-state index is 0.445. The SMILES string of the molecule is CC(C)C(Br)c1csc2c(Br)cccc12. The van der Waals surface area contributed by atoms with E-state index in [4.69, 9.17) is 0 Å². The number of hydrogen-bond acceptors (Lipinski definition) is 1. The van der Waals surface area contributed by atoms with E-state index in [1.807, 2.05) is 11.3 Å². The lowest BCUT2D eigenvalue weighted by Crippen LogP contribution is -1.97. The van der Waals surface area contributed by atoms with Gasteiger partial charge in [0.15, 0.2) is 0 Å². The van der Waals surface area contributed by atoms with Gasteiger partial charge in [-0.2, -0.15) is 0 Å². The van der Waals surface area contributed by atoms with Crippen LogP contribution in [0.5, 0.6) is 0 Å². The molecule has 0 fully saturated rings. The van der Waals surface area contributed by atoms with Crippen molar-refractivity contribution in [1.82, 2.24) is 0 Å². The third-order valence-corrected chi connectivity index (χ3v) is 5.99. The monoisotopic (exact) mass is 346 g/mol. The molecule has 0 saturated heterocycles. The summed E-state index contributed by atoms with van der Waals surface area (Å²) in [6.45, 7) is 4.47. The number of hydrogen-bond donors (Lipinski definition) is 0. The maximum atomic E-state index is 3.77. The van der Waals surface area contributed by atoms with Gasteiger partial charge in [-0.3, -0.25) is 0 Å². The van der Waals surface area contributed by atoms with E-state index in [1.165, 1.54) is 20.1 Å². The van der Waals surface area contributed by atoms with E-state index in [2.05, 4.69) is 69.3 Å². The maximum absolute atomic E-state index is 3.77. The number of alkyl halides is 1. The molecule has 0 radical (unpaired) electrons. The largest absolute Gasteiger partial charge is 0.142 e. The average molecular weight is 348 g/mol. The Kier molecular flexibility index (Phi) is 3.53. The van der Waals surface area contributed by atoms with E-state index in [0.29, 0.717) is 10.7 Å². The summed E-state index contributed by atoms with van der Waals surface area (Å²) < 4.78 is 2.54. The lowest BCUT2D eigenvalue weighted by molar-refractivity contribution is 0.645. The van der Waals surface area contributed by atoms with Crippen molar-refractivity contribution in [1.29, 1.82) is 0 Å². The Balaban J connectivity index is 2.59. The second-order valence-electron chi connectivity index (χ2n) is 3.95. The highest BCUT2D eigenvalue weighted by molar-refractivity contribution is 9.10. The van der Waals surface area contributed by atoms with Gasteiger partial charge in [0.25, 0.3) is 0 Å². The smallest absolute Gasteiger partial charge is 0.0488 e. The first kappa shape index (κ1) is 11.6. The number of rotatable bonds is 2. The molecular formula is C12H12Br2S. The molecule has 1 unspecified atom stereocenters. The van der Waals surface area contributed by atoms with Crippen molar-refractivity contribution in [3.63, 3.8) is 0 Å². The molecule has 80 valence electrons. The van der Waals surface area contributed by atoms with Crippen LogP contribution in [0.4, 0.5) is 0 Å². The molecule has 1 aromatic heterocycles. The molecule has 0 nitrogen and oxygen atoms in total. The van der Waals surface area contributed by atoms with Gasteiger partial charge in [-0.05, 0) is 44.2 Å². The molecule has 0 N–H and O–H groups in total. The average Bonchev–Trinajstić information content (AvgIpc) is 2.61. The van der Waals surface area contributed by atoms with Crippen molar-refractivity contribution in [2.45, 2.75) is 18.7 Å². The van der Waals surface area contributed by atoms with E-state index in [9.17, 15) is 0 Å². The zero-order valence-electron chi connectivity index (χ0n) is 8.63. The highest BCUT2D eigenvalue weighted by Crippen LogP contribution is 2.40. The minimum absolute atomic E-state index is 0.445. The summed E-state index contributed by atoms with van der Waals surface area (Å²) in [5, 5.41) is 3.62. The van der Waals surface area contributed by atoms with Gasteiger partial charge in [-0.25, -0.2) is 0 Å². The summed E-state index contributed by atoms with van der Waals surface area (Å²) in [6.07, 6.45) is 0. The van der Waals surface area contributed by atoms with E-state index in [-0.39, 0.29) is 0 Å². The highest BCUT2D eigenvalue weighted by Gasteiger charge is 2.16. The lowest BCUT2D eigenvalue weighted by Gasteiger charge is -2.12. The molecule has 1 aromatic carbocycles. The fraction of sp³-hybridized carbons (Fsp3) is 0.333. The molecule has 0 bridgehead atoms. The van der Waals surface area contributed by atoms with Crippen LogP contribution in [0.2, 0.25) is 0 Å². The van der Waals surface area contributed by atoms with E-state index < -0.39 is 0 Å². The Morgan fingerprint density at radius 3 is 2.67 bits per heavy atom. The third-order valence-electron chi connectivity index (χ3n) is 2.46. The number of halogens is 2. The van der Waals surface area contributed by atoms with Gasteiger partial charge in [0.05, 0.1) is 0 Å². The van der Waals surface area contributed by atoms with E-state index in [1.54, 1.807) is 0 Å².